The van der Waals surface area contributed by atoms with Gasteiger partial charge in [-0.15, -0.1) is 0 Å². The maximum Gasteiger partial charge on any atom is 0.312 e. The molecule has 0 aliphatic carbocycles. The quantitative estimate of drug-likeness (QED) is 0.457. The predicted molar refractivity (Wildman–Crippen MR) is 50.5 cm³/mol. The smallest absolute Gasteiger partial charge is 0.312 e. The van der Waals surface area contributed by atoms with E-state index in [4.69, 9.17) is 10.2 Å². The number of hydrogen-bond acceptors (Lipinski definition) is 4. The molecule has 0 aromatic rings. The minimum atomic E-state index is -0.963. The van der Waals surface area contributed by atoms with Crippen molar-refractivity contribution in [1.82, 2.24) is 10.6 Å². The summed E-state index contributed by atoms with van der Waals surface area (Å²) in [5.41, 5.74) is -1.93. The van der Waals surface area contributed by atoms with Crippen LogP contribution in [-0.2, 0) is 9.59 Å². The van der Waals surface area contributed by atoms with E-state index in [0.29, 0.717) is 26.2 Å². The minimum absolute atomic E-state index is 0.213. The predicted octanol–water partition coefficient (Wildman–Crippen LogP) is -1.28. The van der Waals surface area contributed by atoms with Gasteiger partial charge in [0.2, 0.25) is 0 Å². The summed E-state index contributed by atoms with van der Waals surface area (Å²) in [6, 6.07) is 0. The lowest BCUT2D eigenvalue weighted by atomic mass is 9.65. The summed E-state index contributed by atoms with van der Waals surface area (Å²) in [6.07, 6.45) is 0.213. The van der Waals surface area contributed by atoms with Crippen molar-refractivity contribution in [3.63, 3.8) is 0 Å². The van der Waals surface area contributed by atoms with E-state index in [1.165, 1.54) is 0 Å². The van der Waals surface area contributed by atoms with Crippen molar-refractivity contribution >= 4 is 11.9 Å². The first-order valence-electron chi connectivity index (χ1n) is 4.89. The molecule has 2 bridgehead atoms. The Kier molecular flexibility index (Phi) is 2.20. The van der Waals surface area contributed by atoms with E-state index in [9.17, 15) is 9.59 Å². The van der Waals surface area contributed by atoms with Gasteiger partial charge in [0.1, 0.15) is 0 Å². The molecule has 2 heterocycles. The molecule has 84 valence electrons. The maximum atomic E-state index is 11.2. The third-order valence-electron chi connectivity index (χ3n) is 3.44. The first-order valence-corrected chi connectivity index (χ1v) is 4.89. The van der Waals surface area contributed by atoms with Crippen molar-refractivity contribution in [3.05, 3.63) is 0 Å². The van der Waals surface area contributed by atoms with Gasteiger partial charge >= 0.3 is 11.9 Å². The molecule has 0 unspecified atom stereocenters. The molecule has 0 saturated carbocycles. The Morgan fingerprint density at radius 3 is 1.47 bits per heavy atom. The fourth-order valence-electron chi connectivity index (χ4n) is 2.56. The fraction of sp³-hybridized carbons (Fsp3) is 0.778. The van der Waals surface area contributed by atoms with Crippen LogP contribution in [0.25, 0.3) is 0 Å². The second-order valence-corrected chi connectivity index (χ2v) is 4.55. The second kappa shape index (κ2) is 3.18. The van der Waals surface area contributed by atoms with Gasteiger partial charge in [-0.2, -0.15) is 0 Å². The first kappa shape index (κ1) is 10.4. The van der Waals surface area contributed by atoms with Gasteiger partial charge in [0, 0.05) is 26.2 Å². The summed E-state index contributed by atoms with van der Waals surface area (Å²) in [5, 5.41) is 24.2. The molecule has 0 amide bonds. The summed E-state index contributed by atoms with van der Waals surface area (Å²) >= 11 is 0. The monoisotopic (exact) mass is 214 g/mol. The van der Waals surface area contributed by atoms with Gasteiger partial charge in [-0.05, 0) is 6.42 Å². The average molecular weight is 214 g/mol. The maximum absolute atomic E-state index is 11.2. The summed E-state index contributed by atoms with van der Waals surface area (Å²) in [4.78, 5) is 22.4. The molecule has 2 rings (SSSR count). The number of hydrogen-bond donors (Lipinski definition) is 4. The van der Waals surface area contributed by atoms with Gasteiger partial charge in [-0.1, -0.05) is 0 Å². The summed E-state index contributed by atoms with van der Waals surface area (Å²) in [7, 11) is 0. The van der Waals surface area contributed by atoms with Crippen molar-refractivity contribution in [2.24, 2.45) is 10.8 Å². The van der Waals surface area contributed by atoms with Crippen LogP contribution >= 0.6 is 0 Å². The molecular weight excluding hydrogens is 200 g/mol. The number of carboxylic acids is 2. The van der Waals surface area contributed by atoms with Crippen LogP contribution in [-0.4, -0.2) is 48.3 Å². The molecule has 0 aromatic carbocycles. The van der Waals surface area contributed by atoms with Crippen molar-refractivity contribution in [2.75, 3.05) is 26.2 Å². The van der Waals surface area contributed by atoms with Gasteiger partial charge in [0.25, 0.3) is 0 Å². The summed E-state index contributed by atoms with van der Waals surface area (Å²) in [5.74, 6) is -1.85. The highest BCUT2D eigenvalue weighted by Gasteiger charge is 2.55. The molecule has 6 heteroatoms. The highest BCUT2D eigenvalue weighted by Crippen LogP contribution is 2.40. The molecular formula is C9H14N2O4. The number of rotatable bonds is 2. The molecule has 2 aliphatic heterocycles. The van der Waals surface area contributed by atoms with Crippen LogP contribution in [0.3, 0.4) is 0 Å². The fourth-order valence-corrected chi connectivity index (χ4v) is 2.56. The van der Waals surface area contributed by atoms with Gasteiger partial charge in [-0.3, -0.25) is 9.59 Å². The topological polar surface area (TPSA) is 98.7 Å². The Bertz CT molecular complexity index is 277. The second-order valence-electron chi connectivity index (χ2n) is 4.55. The average Bonchev–Trinajstić information content (AvgIpc) is 2.17. The highest BCUT2D eigenvalue weighted by atomic mass is 16.4. The van der Waals surface area contributed by atoms with Crippen LogP contribution in [0.5, 0.6) is 0 Å². The number of carbonyl (C=O) groups is 2. The Morgan fingerprint density at radius 1 is 0.867 bits per heavy atom. The molecule has 2 saturated heterocycles. The summed E-state index contributed by atoms with van der Waals surface area (Å²) < 4.78 is 0. The largest absolute Gasteiger partial charge is 0.481 e. The van der Waals surface area contributed by atoms with E-state index in [1.54, 1.807) is 0 Å². The number of carboxylic acid groups (broad SMARTS) is 2. The molecule has 4 N–H and O–H groups in total. The van der Waals surface area contributed by atoms with Gasteiger partial charge < -0.3 is 20.8 Å². The standard InChI is InChI=1S/C9H14N2O4/c12-6(13)8-1-9(7(14)15,4-10-2-8)5-11-3-8/h10-11H,1-5H2,(H,12,13)(H,14,15). The van der Waals surface area contributed by atoms with Crippen LogP contribution in [0.15, 0.2) is 0 Å². The summed E-state index contributed by atoms with van der Waals surface area (Å²) in [6.45, 7) is 1.35. The Labute approximate surface area is 86.7 Å². The number of aliphatic carboxylic acids is 2. The highest BCUT2D eigenvalue weighted by molar-refractivity contribution is 5.81. The SMILES string of the molecule is O=C(O)C12CNCC(C(=O)O)(CNC1)C2. The van der Waals surface area contributed by atoms with Gasteiger partial charge in [-0.25, -0.2) is 0 Å². The van der Waals surface area contributed by atoms with Crippen LogP contribution < -0.4 is 10.6 Å². The molecule has 2 aliphatic rings. The van der Waals surface area contributed by atoms with E-state index in [2.05, 4.69) is 10.6 Å². The Morgan fingerprint density at radius 2 is 1.20 bits per heavy atom. The van der Waals surface area contributed by atoms with Crippen molar-refractivity contribution in [2.45, 2.75) is 6.42 Å². The Balaban J connectivity index is 2.32. The zero-order valence-electron chi connectivity index (χ0n) is 8.25. The van der Waals surface area contributed by atoms with Crippen molar-refractivity contribution in [1.29, 1.82) is 0 Å². The Hall–Kier alpha value is -1.14. The zero-order chi connectivity index (χ0) is 11.1. The normalized spacial score (nSPS) is 39.7. The number of piperidine rings is 2. The van der Waals surface area contributed by atoms with Crippen molar-refractivity contribution < 1.29 is 19.8 Å². The number of nitrogens with one attached hydrogen (secondary N) is 2. The van der Waals surface area contributed by atoms with Crippen LogP contribution in [0.2, 0.25) is 0 Å². The molecule has 0 atom stereocenters. The van der Waals surface area contributed by atoms with E-state index < -0.39 is 22.8 Å². The minimum Gasteiger partial charge on any atom is -0.481 e. The third-order valence-corrected chi connectivity index (χ3v) is 3.44. The van der Waals surface area contributed by atoms with Crippen LogP contribution in [0.4, 0.5) is 0 Å². The van der Waals surface area contributed by atoms with Gasteiger partial charge in [0.15, 0.2) is 0 Å². The molecule has 15 heavy (non-hydrogen) atoms. The molecule has 6 nitrogen and oxygen atoms in total. The first-order chi connectivity index (χ1) is 7.01. The molecule has 0 spiro atoms. The van der Waals surface area contributed by atoms with Crippen LogP contribution in [0, 0.1) is 10.8 Å². The van der Waals surface area contributed by atoms with Crippen molar-refractivity contribution in [3.8, 4) is 0 Å². The zero-order valence-corrected chi connectivity index (χ0v) is 8.25. The van der Waals surface area contributed by atoms with E-state index in [-0.39, 0.29) is 6.42 Å². The molecule has 0 radical (unpaired) electrons. The lowest BCUT2D eigenvalue weighted by molar-refractivity contribution is -0.164. The molecule has 2 fully saturated rings. The van der Waals surface area contributed by atoms with E-state index in [1.807, 2.05) is 0 Å². The van der Waals surface area contributed by atoms with Gasteiger partial charge in [0.05, 0.1) is 10.8 Å². The van der Waals surface area contributed by atoms with Crippen LogP contribution in [0.1, 0.15) is 6.42 Å². The lowest BCUT2D eigenvalue weighted by Gasteiger charge is -2.48. The third kappa shape index (κ3) is 1.40. The van der Waals surface area contributed by atoms with E-state index in [0.717, 1.165) is 0 Å². The molecule has 0 aromatic heterocycles. The van der Waals surface area contributed by atoms with E-state index >= 15 is 0 Å². The number of fused-ring (bicyclic) bond motifs is 2. The lowest BCUT2D eigenvalue weighted by Crippen LogP contribution is -2.66.